The van der Waals surface area contributed by atoms with Gasteiger partial charge in [0.05, 0.1) is 0 Å². The van der Waals surface area contributed by atoms with Crippen molar-refractivity contribution in [2.75, 3.05) is 46.4 Å². The van der Waals surface area contributed by atoms with Crippen LogP contribution in [0.4, 0.5) is 0 Å². The summed E-state index contributed by atoms with van der Waals surface area (Å²) in [7, 11) is 2.13. The number of nitrogens with one attached hydrogen (secondary N) is 1. The minimum atomic E-state index is 0.194. The Morgan fingerprint density at radius 3 is 2.62 bits per heavy atom. The lowest BCUT2D eigenvalue weighted by atomic mass is 9.98. The average Bonchev–Trinajstić information content (AvgIpc) is 2.50. The van der Waals surface area contributed by atoms with Crippen LogP contribution in [-0.4, -0.2) is 73.2 Å². The smallest absolute Gasteiger partial charge is 0.221 e. The number of rotatable bonds is 6. The topological polar surface area (TPSA) is 55.8 Å². The van der Waals surface area contributed by atoms with E-state index >= 15 is 0 Å². The second kappa shape index (κ2) is 8.71. The van der Waals surface area contributed by atoms with Crippen LogP contribution in [0.5, 0.6) is 0 Å². The lowest BCUT2D eigenvalue weighted by molar-refractivity contribution is -0.122. The molecule has 0 radical (unpaired) electrons. The maximum Gasteiger partial charge on any atom is 0.221 e. The summed E-state index contributed by atoms with van der Waals surface area (Å²) in [5.41, 5.74) is 0. The van der Waals surface area contributed by atoms with Gasteiger partial charge >= 0.3 is 0 Å². The third-order valence-electron chi connectivity index (χ3n) is 5.06. The Morgan fingerprint density at radius 1 is 1.19 bits per heavy atom. The molecule has 5 nitrogen and oxygen atoms in total. The van der Waals surface area contributed by atoms with Crippen LogP contribution in [0.15, 0.2) is 0 Å². The fraction of sp³-hybridized carbons (Fsp3) is 0.938. The summed E-state index contributed by atoms with van der Waals surface area (Å²) >= 11 is 0. The SMILES string of the molecule is CN1CCCCC1CC(=O)NCCN1CCC(CO)CC1. The summed E-state index contributed by atoms with van der Waals surface area (Å²) < 4.78 is 0. The van der Waals surface area contributed by atoms with Crippen molar-refractivity contribution >= 4 is 5.91 Å². The Kier molecular flexibility index (Phi) is 6.93. The maximum absolute atomic E-state index is 12.0. The number of carbonyl (C=O) groups is 1. The zero-order valence-electron chi connectivity index (χ0n) is 13.4. The van der Waals surface area contributed by atoms with Crippen molar-refractivity contribution in [1.82, 2.24) is 15.1 Å². The molecule has 0 spiro atoms. The van der Waals surface area contributed by atoms with Gasteiger partial charge < -0.3 is 20.2 Å². The van der Waals surface area contributed by atoms with E-state index in [9.17, 15) is 4.79 Å². The average molecular weight is 297 g/mol. The van der Waals surface area contributed by atoms with Crippen molar-refractivity contribution in [2.45, 2.75) is 44.6 Å². The Hall–Kier alpha value is -0.650. The number of likely N-dealkylation sites (tertiary alicyclic amines) is 2. The first-order chi connectivity index (χ1) is 10.2. The number of aliphatic hydroxyl groups is 1. The summed E-state index contributed by atoms with van der Waals surface area (Å²) in [6.45, 7) is 5.22. The second-order valence-electron chi connectivity index (χ2n) is 6.65. The van der Waals surface area contributed by atoms with E-state index in [2.05, 4.69) is 22.2 Å². The number of nitrogens with zero attached hydrogens (tertiary/aromatic N) is 2. The molecule has 0 aliphatic carbocycles. The van der Waals surface area contributed by atoms with Crippen LogP contribution >= 0.6 is 0 Å². The van der Waals surface area contributed by atoms with Crippen LogP contribution in [0.25, 0.3) is 0 Å². The molecule has 2 aliphatic heterocycles. The molecule has 2 aliphatic rings. The van der Waals surface area contributed by atoms with Gasteiger partial charge in [-0.25, -0.2) is 0 Å². The Balaban J connectivity index is 1.57. The number of hydrogen-bond acceptors (Lipinski definition) is 4. The molecule has 2 fully saturated rings. The molecule has 2 heterocycles. The first-order valence-corrected chi connectivity index (χ1v) is 8.49. The lowest BCUT2D eigenvalue weighted by Gasteiger charge is -2.32. The molecule has 0 aromatic carbocycles. The summed E-state index contributed by atoms with van der Waals surface area (Å²) in [4.78, 5) is 16.7. The van der Waals surface area contributed by atoms with Crippen molar-refractivity contribution in [2.24, 2.45) is 5.92 Å². The van der Waals surface area contributed by atoms with E-state index in [4.69, 9.17) is 5.11 Å². The van der Waals surface area contributed by atoms with Gasteiger partial charge in [0.2, 0.25) is 5.91 Å². The molecule has 122 valence electrons. The number of piperidine rings is 2. The Bertz CT molecular complexity index is 317. The molecule has 2 saturated heterocycles. The molecule has 0 bridgehead atoms. The standard InChI is InChI=1S/C16H31N3O2/c1-18-8-3-2-4-15(18)12-16(21)17-7-11-19-9-5-14(13-20)6-10-19/h14-15,20H,2-13H2,1H3,(H,17,21). The largest absolute Gasteiger partial charge is 0.396 e. The Morgan fingerprint density at radius 2 is 1.95 bits per heavy atom. The van der Waals surface area contributed by atoms with Gasteiger partial charge in [0.1, 0.15) is 0 Å². The highest BCUT2D eigenvalue weighted by molar-refractivity contribution is 5.76. The zero-order chi connectivity index (χ0) is 15.1. The van der Waals surface area contributed by atoms with Gasteiger partial charge in [-0.15, -0.1) is 0 Å². The van der Waals surface area contributed by atoms with Crippen LogP contribution < -0.4 is 5.32 Å². The van der Waals surface area contributed by atoms with Crippen LogP contribution in [-0.2, 0) is 4.79 Å². The van der Waals surface area contributed by atoms with E-state index in [1.807, 2.05) is 0 Å². The molecule has 1 atom stereocenters. The van der Waals surface area contributed by atoms with Gasteiger partial charge in [-0.3, -0.25) is 4.79 Å². The predicted octanol–water partition coefficient (Wildman–Crippen LogP) is 0.681. The van der Waals surface area contributed by atoms with Gasteiger partial charge in [0.15, 0.2) is 0 Å². The third kappa shape index (κ3) is 5.57. The highest BCUT2D eigenvalue weighted by Crippen LogP contribution is 2.18. The van der Waals surface area contributed by atoms with Crippen molar-refractivity contribution < 1.29 is 9.90 Å². The summed E-state index contributed by atoms with van der Waals surface area (Å²) in [5, 5.41) is 12.2. The zero-order valence-corrected chi connectivity index (χ0v) is 13.4. The monoisotopic (exact) mass is 297 g/mol. The Labute approximate surface area is 128 Å². The fourth-order valence-corrected chi connectivity index (χ4v) is 3.43. The summed E-state index contributed by atoms with van der Waals surface area (Å²) in [6.07, 6.45) is 6.47. The molecule has 2 rings (SSSR count). The minimum absolute atomic E-state index is 0.194. The molecule has 5 heteroatoms. The van der Waals surface area contributed by atoms with Crippen LogP contribution in [0.1, 0.15) is 38.5 Å². The van der Waals surface area contributed by atoms with Crippen LogP contribution in [0, 0.1) is 5.92 Å². The quantitative estimate of drug-likeness (QED) is 0.757. The van der Waals surface area contributed by atoms with Crippen molar-refractivity contribution in [3.05, 3.63) is 0 Å². The third-order valence-corrected chi connectivity index (χ3v) is 5.06. The first-order valence-electron chi connectivity index (χ1n) is 8.49. The highest BCUT2D eigenvalue weighted by atomic mass is 16.3. The van der Waals surface area contributed by atoms with Crippen molar-refractivity contribution in [3.63, 3.8) is 0 Å². The normalized spacial score (nSPS) is 25.9. The summed E-state index contributed by atoms with van der Waals surface area (Å²) in [5.74, 6) is 0.677. The summed E-state index contributed by atoms with van der Waals surface area (Å²) in [6, 6.07) is 0.430. The van der Waals surface area contributed by atoms with E-state index in [-0.39, 0.29) is 5.91 Å². The number of carbonyl (C=O) groups excluding carboxylic acids is 1. The number of hydrogen-bond donors (Lipinski definition) is 2. The predicted molar refractivity (Wildman–Crippen MR) is 84.1 cm³/mol. The van der Waals surface area contributed by atoms with E-state index in [1.165, 1.54) is 12.8 Å². The minimum Gasteiger partial charge on any atom is -0.396 e. The van der Waals surface area contributed by atoms with Gasteiger partial charge in [-0.05, 0) is 58.3 Å². The van der Waals surface area contributed by atoms with Gasteiger partial charge in [0.25, 0.3) is 0 Å². The van der Waals surface area contributed by atoms with Gasteiger partial charge in [-0.1, -0.05) is 6.42 Å². The molecule has 21 heavy (non-hydrogen) atoms. The van der Waals surface area contributed by atoms with Crippen LogP contribution in [0.3, 0.4) is 0 Å². The molecule has 1 unspecified atom stereocenters. The molecular weight excluding hydrogens is 266 g/mol. The van der Waals surface area contributed by atoms with Crippen molar-refractivity contribution in [1.29, 1.82) is 0 Å². The lowest BCUT2D eigenvalue weighted by Crippen LogP contribution is -2.43. The van der Waals surface area contributed by atoms with E-state index in [1.54, 1.807) is 0 Å². The van der Waals surface area contributed by atoms with Gasteiger partial charge in [-0.2, -0.15) is 0 Å². The van der Waals surface area contributed by atoms with Crippen molar-refractivity contribution in [3.8, 4) is 0 Å². The molecule has 0 saturated carbocycles. The van der Waals surface area contributed by atoms with E-state index in [0.29, 0.717) is 25.0 Å². The number of aliphatic hydroxyl groups excluding tert-OH is 1. The molecule has 0 aromatic heterocycles. The number of amides is 1. The maximum atomic E-state index is 12.0. The molecule has 0 aromatic rings. The molecule has 1 amide bonds. The fourth-order valence-electron chi connectivity index (χ4n) is 3.43. The molecular formula is C16H31N3O2. The van der Waals surface area contributed by atoms with Gasteiger partial charge in [0, 0.05) is 32.2 Å². The highest BCUT2D eigenvalue weighted by Gasteiger charge is 2.22. The second-order valence-corrected chi connectivity index (χ2v) is 6.65. The molecule has 2 N–H and O–H groups in total. The first kappa shape index (κ1) is 16.7. The van der Waals surface area contributed by atoms with Crippen LogP contribution in [0.2, 0.25) is 0 Å². The van der Waals surface area contributed by atoms with E-state index < -0.39 is 0 Å². The van der Waals surface area contributed by atoms with E-state index in [0.717, 1.165) is 52.0 Å².